The normalized spacial score (nSPS) is 22.6. The van der Waals surface area contributed by atoms with Gasteiger partial charge in [0.25, 0.3) is 0 Å². The molecule has 0 bridgehead atoms. The molecule has 3 rings (SSSR count). The van der Waals surface area contributed by atoms with Crippen molar-refractivity contribution in [1.82, 2.24) is 19.6 Å². The van der Waals surface area contributed by atoms with Gasteiger partial charge in [-0.05, 0) is 92.5 Å². The second kappa shape index (κ2) is 12.9. The summed E-state index contributed by atoms with van der Waals surface area (Å²) in [5, 5.41) is 0. The van der Waals surface area contributed by atoms with Gasteiger partial charge in [0.05, 0.1) is 6.54 Å². The number of hydrogen-bond donors (Lipinski definition) is 0. The Labute approximate surface area is 219 Å². The van der Waals surface area contributed by atoms with E-state index in [4.69, 9.17) is 9.47 Å². The van der Waals surface area contributed by atoms with Gasteiger partial charge in [0.2, 0.25) is 0 Å². The Balaban J connectivity index is 1.25. The molecule has 3 fully saturated rings. The van der Waals surface area contributed by atoms with E-state index in [1.165, 1.54) is 19.4 Å². The average molecular weight is 509 g/mol. The van der Waals surface area contributed by atoms with E-state index in [1.807, 2.05) is 46.4 Å². The number of piperazine rings is 1. The monoisotopic (exact) mass is 508 g/mol. The van der Waals surface area contributed by atoms with Crippen molar-refractivity contribution in [2.75, 3.05) is 65.4 Å². The molecular weight excluding hydrogens is 456 g/mol. The molecule has 0 aromatic rings. The summed E-state index contributed by atoms with van der Waals surface area (Å²) in [6.07, 6.45) is 6.83. The number of nitrogens with zero attached hydrogens (tertiary/aromatic N) is 4. The Morgan fingerprint density at radius 1 is 0.722 bits per heavy atom. The van der Waals surface area contributed by atoms with Crippen LogP contribution in [0.25, 0.3) is 0 Å². The summed E-state index contributed by atoms with van der Waals surface area (Å²) in [5.74, 6) is 0.624. The lowest BCUT2D eigenvalue weighted by atomic mass is 9.92. The zero-order valence-corrected chi connectivity index (χ0v) is 23.9. The van der Waals surface area contributed by atoms with Gasteiger partial charge in [-0.3, -0.25) is 14.6 Å². The predicted octanol–water partition coefficient (Wildman–Crippen LogP) is 3.84. The molecule has 0 unspecified atom stereocenters. The fraction of sp³-hybridized carbons (Fsp3) is 0.929. The second-order valence-corrected chi connectivity index (χ2v) is 13.0. The fourth-order valence-electron chi connectivity index (χ4n) is 5.69. The summed E-state index contributed by atoms with van der Waals surface area (Å²) in [6.45, 7) is 21.4. The van der Waals surface area contributed by atoms with Crippen LogP contribution in [0.1, 0.15) is 80.1 Å². The van der Waals surface area contributed by atoms with E-state index in [9.17, 15) is 9.59 Å². The maximum atomic E-state index is 12.3. The zero-order valence-electron chi connectivity index (χ0n) is 23.9. The van der Waals surface area contributed by atoms with E-state index < -0.39 is 11.2 Å². The standard InChI is InChI=1S/C28H52N4O4/c1-27(2,3)35-25(33)22-30-14-11-24(12-15-30)31-20-18-29(19-21-31)13-7-8-23-9-16-32(17-10-23)26(34)36-28(4,5)6/h23-24H,7-22H2,1-6H3. The lowest BCUT2D eigenvalue weighted by Crippen LogP contribution is -2.53. The minimum Gasteiger partial charge on any atom is -0.459 e. The van der Waals surface area contributed by atoms with Crippen molar-refractivity contribution in [1.29, 1.82) is 0 Å². The van der Waals surface area contributed by atoms with Crippen molar-refractivity contribution in [3.8, 4) is 0 Å². The van der Waals surface area contributed by atoms with E-state index in [0.29, 0.717) is 12.6 Å². The van der Waals surface area contributed by atoms with Crippen LogP contribution in [0.2, 0.25) is 0 Å². The molecule has 0 aromatic carbocycles. The number of likely N-dealkylation sites (tertiary alicyclic amines) is 2. The first-order valence-electron chi connectivity index (χ1n) is 14.3. The molecule has 0 spiro atoms. The van der Waals surface area contributed by atoms with E-state index in [0.717, 1.165) is 84.0 Å². The second-order valence-electron chi connectivity index (χ2n) is 13.0. The molecule has 3 aliphatic heterocycles. The van der Waals surface area contributed by atoms with Crippen LogP contribution in [0.5, 0.6) is 0 Å². The zero-order chi connectivity index (χ0) is 26.3. The van der Waals surface area contributed by atoms with Gasteiger partial charge in [0.1, 0.15) is 11.2 Å². The highest BCUT2D eigenvalue weighted by atomic mass is 16.6. The molecule has 0 atom stereocenters. The molecule has 0 N–H and O–H groups in total. The molecule has 3 aliphatic rings. The van der Waals surface area contributed by atoms with Crippen molar-refractivity contribution in [2.24, 2.45) is 5.92 Å². The topological polar surface area (TPSA) is 65.6 Å². The van der Waals surface area contributed by atoms with Crippen molar-refractivity contribution in [3.63, 3.8) is 0 Å². The van der Waals surface area contributed by atoms with Crippen LogP contribution in [0.4, 0.5) is 4.79 Å². The molecule has 0 radical (unpaired) electrons. The number of esters is 1. The molecule has 36 heavy (non-hydrogen) atoms. The smallest absolute Gasteiger partial charge is 0.410 e. The molecule has 8 heteroatoms. The first-order valence-corrected chi connectivity index (χ1v) is 14.3. The molecule has 208 valence electrons. The third kappa shape index (κ3) is 10.2. The van der Waals surface area contributed by atoms with E-state index >= 15 is 0 Å². The number of hydrogen-bond acceptors (Lipinski definition) is 7. The average Bonchev–Trinajstić information content (AvgIpc) is 2.78. The number of carbonyl (C=O) groups excluding carboxylic acids is 2. The molecule has 0 aliphatic carbocycles. The number of amides is 1. The first-order chi connectivity index (χ1) is 16.9. The van der Waals surface area contributed by atoms with Gasteiger partial charge in [0.15, 0.2) is 0 Å². The van der Waals surface area contributed by atoms with Crippen molar-refractivity contribution >= 4 is 12.1 Å². The number of carbonyl (C=O) groups is 2. The van der Waals surface area contributed by atoms with Gasteiger partial charge >= 0.3 is 12.1 Å². The quantitative estimate of drug-likeness (QED) is 0.484. The first kappa shape index (κ1) is 29.2. The number of rotatable bonds is 7. The van der Waals surface area contributed by atoms with E-state index in [2.05, 4.69) is 14.7 Å². The highest BCUT2D eigenvalue weighted by Gasteiger charge is 2.30. The Kier molecular flexibility index (Phi) is 10.5. The van der Waals surface area contributed by atoms with Gasteiger partial charge in [-0.25, -0.2) is 4.79 Å². The summed E-state index contributed by atoms with van der Waals surface area (Å²) >= 11 is 0. The van der Waals surface area contributed by atoms with E-state index in [1.54, 1.807) is 0 Å². The summed E-state index contributed by atoms with van der Waals surface area (Å²) in [7, 11) is 0. The van der Waals surface area contributed by atoms with Crippen molar-refractivity contribution in [2.45, 2.75) is 97.3 Å². The van der Waals surface area contributed by atoms with Crippen molar-refractivity contribution < 1.29 is 19.1 Å². The highest BCUT2D eigenvalue weighted by Crippen LogP contribution is 2.24. The molecule has 0 aromatic heterocycles. The Bertz CT molecular complexity index is 693. The maximum Gasteiger partial charge on any atom is 0.410 e. The summed E-state index contributed by atoms with van der Waals surface area (Å²) < 4.78 is 11.0. The van der Waals surface area contributed by atoms with Crippen LogP contribution in [-0.4, -0.2) is 114 Å². The molecule has 3 saturated heterocycles. The maximum absolute atomic E-state index is 12.3. The van der Waals surface area contributed by atoms with Gasteiger partial charge in [0, 0.05) is 58.4 Å². The van der Waals surface area contributed by atoms with Crippen LogP contribution in [0.3, 0.4) is 0 Å². The minimum absolute atomic E-state index is 0.108. The molecule has 3 heterocycles. The van der Waals surface area contributed by atoms with Gasteiger partial charge in [-0.2, -0.15) is 0 Å². The predicted molar refractivity (Wildman–Crippen MR) is 143 cm³/mol. The minimum atomic E-state index is -0.420. The van der Waals surface area contributed by atoms with Crippen molar-refractivity contribution in [3.05, 3.63) is 0 Å². The van der Waals surface area contributed by atoms with Crippen LogP contribution < -0.4 is 0 Å². The molecule has 0 saturated carbocycles. The molecular formula is C28H52N4O4. The Morgan fingerprint density at radius 2 is 1.31 bits per heavy atom. The summed E-state index contributed by atoms with van der Waals surface area (Å²) in [5.41, 5.74) is -0.828. The Morgan fingerprint density at radius 3 is 1.86 bits per heavy atom. The van der Waals surface area contributed by atoms with Gasteiger partial charge < -0.3 is 19.3 Å². The molecule has 1 amide bonds. The van der Waals surface area contributed by atoms with Crippen LogP contribution in [0, 0.1) is 5.92 Å². The van der Waals surface area contributed by atoms with Crippen LogP contribution in [-0.2, 0) is 14.3 Å². The number of piperidine rings is 2. The summed E-state index contributed by atoms with van der Waals surface area (Å²) in [6, 6.07) is 0.650. The van der Waals surface area contributed by atoms with Gasteiger partial charge in [-0.15, -0.1) is 0 Å². The fourth-order valence-corrected chi connectivity index (χ4v) is 5.69. The van der Waals surface area contributed by atoms with Crippen LogP contribution >= 0.6 is 0 Å². The lowest BCUT2D eigenvalue weighted by Gasteiger charge is -2.42. The van der Waals surface area contributed by atoms with Gasteiger partial charge in [-0.1, -0.05) is 0 Å². The summed E-state index contributed by atoms with van der Waals surface area (Å²) in [4.78, 5) is 33.8. The highest BCUT2D eigenvalue weighted by molar-refractivity contribution is 5.72. The third-order valence-electron chi connectivity index (χ3n) is 7.61. The molecule has 8 nitrogen and oxygen atoms in total. The lowest BCUT2D eigenvalue weighted by molar-refractivity contribution is -0.156. The van der Waals surface area contributed by atoms with Crippen LogP contribution in [0.15, 0.2) is 0 Å². The number of ether oxygens (including phenoxy) is 2. The van der Waals surface area contributed by atoms with E-state index in [-0.39, 0.29) is 12.1 Å². The Hall–Kier alpha value is -1.38. The SMILES string of the molecule is CC(C)(C)OC(=O)CN1CCC(N2CCN(CCCC3CCN(C(=O)OC(C)(C)C)CC3)CC2)CC1. The largest absolute Gasteiger partial charge is 0.459 e. The third-order valence-corrected chi connectivity index (χ3v) is 7.61.